The van der Waals surface area contributed by atoms with Crippen molar-refractivity contribution in [1.82, 2.24) is 49.3 Å². The zero-order valence-corrected chi connectivity index (χ0v) is 38.1. The monoisotopic (exact) mass is 908 g/mol. The van der Waals surface area contributed by atoms with Crippen LogP contribution < -0.4 is 30.9 Å². The first kappa shape index (κ1) is 42.8. The van der Waals surface area contributed by atoms with Gasteiger partial charge in [-0.15, -0.1) is 0 Å². The number of para-hydroxylation sites is 2. The van der Waals surface area contributed by atoms with Crippen LogP contribution in [-0.4, -0.2) is 121 Å². The van der Waals surface area contributed by atoms with E-state index in [-0.39, 0.29) is 34.6 Å². The zero-order chi connectivity index (χ0) is 46.1. The van der Waals surface area contributed by atoms with Gasteiger partial charge >= 0.3 is 0 Å². The van der Waals surface area contributed by atoms with E-state index in [0.29, 0.717) is 105 Å². The molecule has 8 aromatic rings. The summed E-state index contributed by atoms with van der Waals surface area (Å²) in [7, 11) is 4.89. The van der Waals surface area contributed by atoms with E-state index in [4.69, 9.17) is 38.6 Å². The van der Waals surface area contributed by atoms with Crippen LogP contribution in [0.4, 0.5) is 0 Å². The highest BCUT2D eigenvalue weighted by Crippen LogP contribution is 2.37. The van der Waals surface area contributed by atoms with Crippen LogP contribution in [0, 0.1) is 0 Å². The van der Waals surface area contributed by atoms with Crippen molar-refractivity contribution in [2.75, 3.05) is 47.5 Å². The maximum absolute atomic E-state index is 13.1. The van der Waals surface area contributed by atoms with Gasteiger partial charge in [0.2, 0.25) is 5.88 Å². The fraction of sp³-hybridized carbons (Fsp3) is 0.388. The van der Waals surface area contributed by atoms with Gasteiger partial charge in [-0.3, -0.25) is 43.7 Å². The molecule has 4 unspecified atom stereocenters. The van der Waals surface area contributed by atoms with Gasteiger partial charge < -0.3 is 28.7 Å². The fourth-order valence-corrected chi connectivity index (χ4v) is 10.3. The van der Waals surface area contributed by atoms with Crippen LogP contribution in [0.3, 0.4) is 0 Å². The van der Waals surface area contributed by atoms with Gasteiger partial charge in [-0.25, -0.2) is 15.0 Å². The number of methoxy groups -OCH3 is 3. The van der Waals surface area contributed by atoms with Gasteiger partial charge in [0.05, 0.1) is 66.3 Å². The number of fused-ring (bicyclic) bond motifs is 10. The number of ether oxygens (including phenoxy) is 5. The standard InChI is InChI=1S/C25H27N5O4.C24H25N5O4/c1-14-9-16-12-29(14)7-8-30-25(31)18-6-4-5-17(21(18)28-30)22-24(33-3)26-19-10-15(13-32-2)11-20(34-16)23(19)27-22;1-13-8-15-11-28(13)6-7-29-24(31)17-5-3-4-16(20(17)27-29)21-23(30)25-18-9-14(12-32-2)10-19(33-15)22(18)26-21/h4-6,10-11,14,16,28H,7-9,12-13H2,1-3H3;3-5,9-10,13,15,27H,6-8,11-12H2,1-2H3,(H,25,30)/t14-,16?;13-,15?/m11/s1. The molecule has 0 radical (unpaired) electrons. The Bertz CT molecular complexity index is 3410. The number of hydrogen-bond acceptors (Lipinski definition) is 13. The summed E-state index contributed by atoms with van der Waals surface area (Å²) in [5, 5.41) is 7.73. The quantitative estimate of drug-likeness (QED) is 0.204. The Labute approximate surface area is 383 Å². The third-order valence-corrected chi connectivity index (χ3v) is 13.6. The minimum atomic E-state index is -0.322. The molecule has 6 atom stereocenters. The molecule has 3 N–H and O–H groups in total. The summed E-state index contributed by atoms with van der Waals surface area (Å²) < 4.78 is 32.7. The average Bonchev–Trinajstić information content (AvgIpc) is 4.05. The van der Waals surface area contributed by atoms with Crippen LogP contribution in [0.15, 0.2) is 75.0 Å². The molecule has 4 aromatic carbocycles. The maximum atomic E-state index is 13.1. The van der Waals surface area contributed by atoms with Crippen molar-refractivity contribution >= 4 is 43.9 Å². The van der Waals surface area contributed by atoms with Crippen LogP contribution in [0.25, 0.3) is 66.4 Å². The molecule has 0 spiro atoms. The largest absolute Gasteiger partial charge is 0.487 e. The van der Waals surface area contributed by atoms with Crippen molar-refractivity contribution in [3.63, 3.8) is 0 Å². The Morgan fingerprint density at radius 2 is 1.19 bits per heavy atom. The number of H-pyrrole nitrogens is 3. The first-order valence-corrected chi connectivity index (χ1v) is 22.8. The van der Waals surface area contributed by atoms with Gasteiger partial charge in [-0.05, 0) is 61.4 Å². The molecule has 4 aromatic heterocycles. The Kier molecular flexibility index (Phi) is 10.9. The lowest BCUT2D eigenvalue weighted by Gasteiger charge is -2.21. The summed E-state index contributed by atoms with van der Waals surface area (Å²) in [4.78, 5) is 61.6. The Balaban J connectivity index is 0.000000148. The molecule has 67 heavy (non-hydrogen) atoms. The van der Waals surface area contributed by atoms with Crippen LogP contribution in [-0.2, 0) is 35.8 Å². The van der Waals surface area contributed by atoms with Crippen molar-refractivity contribution in [2.24, 2.45) is 0 Å². The number of nitrogens with zero attached hydrogens (tertiary/aromatic N) is 7. The minimum absolute atomic E-state index is 0.0139. The molecule has 8 heterocycles. The number of benzene rings is 4. The van der Waals surface area contributed by atoms with Gasteiger partial charge in [0, 0.05) is 76.5 Å². The van der Waals surface area contributed by atoms with E-state index in [1.54, 1.807) is 42.8 Å². The summed E-state index contributed by atoms with van der Waals surface area (Å²) in [6, 6.07) is 19.5. The van der Waals surface area contributed by atoms with Gasteiger partial charge in [0.15, 0.2) is 0 Å². The Morgan fingerprint density at radius 3 is 1.76 bits per heavy atom. The molecule has 0 amide bonds. The molecule has 346 valence electrons. The van der Waals surface area contributed by atoms with Crippen molar-refractivity contribution in [1.29, 1.82) is 0 Å². The van der Waals surface area contributed by atoms with E-state index >= 15 is 0 Å². The predicted octanol–water partition coefficient (Wildman–Crippen LogP) is 5.18. The second kappa shape index (κ2) is 17.1. The maximum Gasteiger partial charge on any atom is 0.275 e. The molecule has 12 bridgehead atoms. The summed E-state index contributed by atoms with van der Waals surface area (Å²) in [6.45, 7) is 9.36. The normalized spacial score (nSPS) is 22.0. The molecule has 2 fully saturated rings. The van der Waals surface area contributed by atoms with Crippen LogP contribution in [0.5, 0.6) is 17.4 Å². The lowest BCUT2D eigenvalue weighted by atomic mass is 10.1. The van der Waals surface area contributed by atoms with Crippen molar-refractivity contribution in [2.45, 2.75) is 77.3 Å². The first-order valence-electron chi connectivity index (χ1n) is 22.8. The van der Waals surface area contributed by atoms with Crippen LogP contribution >= 0.6 is 0 Å². The minimum Gasteiger partial charge on any atom is -0.487 e. The number of rotatable bonds is 5. The molecule has 0 aliphatic carbocycles. The molecular weight excluding hydrogens is 857 g/mol. The molecule has 2 saturated heterocycles. The third kappa shape index (κ3) is 7.62. The number of aromatic amines is 3. The summed E-state index contributed by atoms with van der Waals surface area (Å²) in [5.41, 5.74) is 7.45. The van der Waals surface area contributed by atoms with E-state index in [2.05, 4.69) is 38.8 Å². The summed E-state index contributed by atoms with van der Waals surface area (Å²) >= 11 is 0. The van der Waals surface area contributed by atoms with Crippen LogP contribution in [0.1, 0.15) is 37.8 Å². The molecule has 18 heteroatoms. The van der Waals surface area contributed by atoms with Crippen LogP contribution in [0.2, 0.25) is 0 Å². The third-order valence-electron chi connectivity index (χ3n) is 13.6. The van der Waals surface area contributed by atoms with E-state index < -0.39 is 0 Å². The SMILES string of the molecule is COCc1cc2c3nc(c(=O)[nH]c3c1)-c1cccc3c(=O)n([nH]c13)CCN1CC(C[C@H]1C)O2.COCc1cc2c3nc(c(OC)nc3c1)-c1cccc3c(=O)n([nH]c13)CCN1CC(C[C@H]1C)O2. The molecule has 0 saturated carbocycles. The van der Waals surface area contributed by atoms with Crippen molar-refractivity contribution in [3.8, 4) is 39.9 Å². The van der Waals surface area contributed by atoms with Crippen molar-refractivity contribution < 1.29 is 23.7 Å². The molecule has 18 nitrogen and oxygen atoms in total. The molecule has 4 aliphatic rings. The number of aromatic nitrogens is 8. The number of hydrogen-bond donors (Lipinski definition) is 3. The lowest BCUT2D eigenvalue weighted by molar-refractivity contribution is 0.182. The van der Waals surface area contributed by atoms with Crippen molar-refractivity contribution in [3.05, 3.63) is 103 Å². The summed E-state index contributed by atoms with van der Waals surface area (Å²) in [5.74, 6) is 1.71. The second-order valence-electron chi connectivity index (χ2n) is 18.0. The van der Waals surface area contributed by atoms with Gasteiger partial charge in [-0.2, -0.15) is 0 Å². The van der Waals surface area contributed by atoms with Gasteiger partial charge in [0.25, 0.3) is 16.7 Å². The molecule has 4 aliphatic heterocycles. The first-order chi connectivity index (χ1) is 32.6. The highest BCUT2D eigenvalue weighted by molar-refractivity contribution is 5.96. The molecular formula is C49H52N10O8. The topological polar surface area (TPSA) is 200 Å². The summed E-state index contributed by atoms with van der Waals surface area (Å²) in [6.07, 6.45) is 1.78. The second-order valence-corrected chi connectivity index (χ2v) is 18.0. The highest BCUT2D eigenvalue weighted by Gasteiger charge is 2.33. The zero-order valence-electron chi connectivity index (χ0n) is 38.1. The lowest BCUT2D eigenvalue weighted by Crippen LogP contribution is -2.33. The fourth-order valence-electron chi connectivity index (χ4n) is 10.3. The predicted molar refractivity (Wildman–Crippen MR) is 253 cm³/mol. The smallest absolute Gasteiger partial charge is 0.275 e. The Morgan fingerprint density at radius 1 is 0.657 bits per heavy atom. The van der Waals surface area contributed by atoms with E-state index in [9.17, 15) is 14.4 Å². The molecule has 12 rings (SSSR count). The number of nitrogens with one attached hydrogen (secondary N) is 3. The van der Waals surface area contributed by atoms with E-state index in [1.807, 2.05) is 48.5 Å². The average molecular weight is 909 g/mol. The van der Waals surface area contributed by atoms with Gasteiger partial charge in [-0.1, -0.05) is 24.3 Å². The Hall–Kier alpha value is -6.86. The highest BCUT2D eigenvalue weighted by atomic mass is 16.5. The van der Waals surface area contributed by atoms with E-state index in [1.165, 1.54) is 0 Å². The van der Waals surface area contributed by atoms with Gasteiger partial charge in [0.1, 0.15) is 46.1 Å². The van der Waals surface area contributed by atoms with E-state index in [0.717, 1.165) is 61.2 Å².